The van der Waals surface area contributed by atoms with Gasteiger partial charge in [0.15, 0.2) is 5.58 Å². The highest BCUT2D eigenvalue weighted by Crippen LogP contribution is 2.39. The fraction of sp³-hybridized carbons (Fsp3) is 0. The summed E-state index contributed by atoms with van der Waals surface area (Å²) < 4.78 is 6.31. The third-order valence-electron chi connectivity index (χ3n) is 9.67. The van der Waals surface area contributed by atoms with Gasteiger partial charge in [0.1, 0.15) is 16.9 Å². The Morgan fingerprint density at radius 3 is 1.72 bits per heavy atom. The van der Waals surface area contributed by atoms with Gasteiger partial charge in [-0.1, -0.05) is 103 Å². The van der Waals surface area contributed by atoms with Crippen LogP contribution in [0.15, 0.2) is 180 Å². The number of hydrogen-bond acceptors (Lipinski definition) is 4. The van der Waals surface area contributed by atoms with Crippen LogP contribution in [0.3, 0.4) is 0 Å². The van der Waals surface area contributed by atoms with Crippen molar-refractivity contribution in [3.63, 3.8) is 0 Å². The Balaban J connectivity index is 1.09. The average molecular weight is 640 g/mol. The van der Waals surface area contributed by atoms with Crippen LogP contribution in [0.4, 0.5) is 17.2 Å². The Hall–Kier alpha value is -6.78. The standard InChI is InChI=1S/C46H29N3O/c1-2-7-34-26-37(13-11-30(34)6-1)31-15-19-39(20-16-31)49(40-21-17-32(18-22-40)38-14-12-33-10-5-25-47-42(33)28-38)45-24-23-43-46(48-45)41-27-35-8-3-4-9-36(35)29-44(41)50-43/h1-29H. The Kier molecular flexibility index (Phi) is 6.46. The zero-order valence-electron chi connectivity index (χ0n) is 27.0. The van der Waals surface area contributed by atoms with Crippen molar-refractivity contribution >= 4 is 71.7 Å². The summed E-state index contributed by atoms with van der Waals surface area (Å²) in [5.41, 5.74) is 10.1. The van der Waals surface area contributed by atoms with Gasteiger partial charge in [-0.05, 0) is 111 Å². The van der Waals surface area contributed by atoms with E-state index in [9.17, 15) is 0 Å². The number of fused-ring (bicyclic) bond motifs is 6. The summed E-state index contributed by atoms with van der Waals surface area (Å²) in [6.45, 7) is 0. The third-order valence-corrected chi connectivity index (χ3v) is 9.67. The van der Waals surface area contributed by atoms with Gasteiger partial charge < -0.3 is 4.42 Å². The fourth-order valence-corrected chi connectivity index (χ4v) is 7.08. The molecule has 0 saturated heterocycles. The number of aromatic nitrogens is 2. The summed E-state index contributed by atoms with van der Waals surface area (Å²) in [7, 11) is 0. The molecular weight excluding hydrogens is 611 g/mol. The van der Waals surface area contributed by atoms with Gasteiger partial charge in [0.2, 0.25) is 0 Å². The van der Waals surface area contributed by atoms with Crippen LogP contribution < -0.4 is 4.90 Å². The van der Waals surface area contributed by atoms with E-state index < -0.39 is 0 Å². The summed E-state index contributed by atoms with van der Waals surface area (Å²) in [5, 5.41) is 6.92. The molecule has 4 heteroatoms. The Bertz CT molecular complexity index is 2750. The first-order chi connectivity index (χ1) is 24.7. The topological polar surface area (TPSA) is 42.2 Å². The number of anilines is 3. The normalized spacial score (nSPS) is 11.6. The quantitative estimate of drug-likeness (QED) is 0.188. The van der Waals surface area contributed by atoms with Gasteiger partial charge in [-0.3, -0.25) is 9.88 Å². The molecule has 0 amide bonds. The second-order valence-corrected chi connectivity index (χ2v) is 12.7. The van der Waals surface area contributed by atoms with Crippen molar-refractivity contribution in [3.05, 3.63) is 176 Å². The van der Waals surface area contributed by atoms with Crippen molar-refractivity contribution < 1.29 is 4.42 Å². The lowest BCUT2D eigenvalue weighted by Crippen LogP contribution is -2.11. The SMILES string of the molecule is c1ccc2cc(-c3ccc(N(c4ccc(-c5ccc6cccnc6c5)cc4)c4ccc5oc6cc7ccccc7cc6c5n4)cc3)ccc2c1. The van der Waals surface area contributed by atoms with Gasteiger partial charge in [0.05, 0.1) is 5.52 Å². The zero-order chi connectivity index (χ0) is 33.0. The van der Waals surface area contributed by atoms with E-state index in [0.29, 0.717) is 0 Å². The lowest BCUT2D eigenvalue weighted by molar-refractivity contribution is 0.668. The molecule has 0 unspecified atom stereocenters. The highest BCUT2D eigenvalue weighted by molar-refractivity contribution is 6.08. The molecule has 0 atom stereocenters. The van der Waals surface area contributed by atoms with E-state index in [2.05, 4.69) is 162 Å². The van der Waals surface area contributed by atoms with E-state index in [0.717, 1.165) is 77.6 Å². The number of hydrogen-bond donors (Lipinski definition) is 0. The van der Waals surface area contributed by atoms with Crippen LogP contribution in [0.5, 0.6) is 0 Å². The molecule has 0 N–H and O–H groups in total. The van der Waals surface area contributed by atoms with Crippen molar-refractivity contribution in [2.24, 2.45) is 0 Å². The molecule has 50 heavy (non-hydrogen) atoms. The highest BCUT2D eigenvalue weighted by atomic mass is 16.3. The van der Waals surface area contributed by atoms with Gasteiger partial charge >= 0.3 is 0 Å². The maximum atomic E-state index is 6.31. The van der Waals surface area contributed by atoms with Gasteiger partial charge in [0, 0.05) is 28.3 Å². The van der Waals surface area contributed by atoms with E-state index in [1.54, 1.807) is 0 Å². The average Bonchev–Trinajstić information content (AvgIpc) is 3.54. The lowest BCUT2D eigenvalue weighted by atomic mass is 10.0. The van der Waals surface area contributed by atoms with Crippen LogP contribution in [-0.4, -0.2) is 9.97 Å². The number of pyridine rings is 2. The van der Waals surface area contributed by atoms with E-state index in [1.165, 1.54) is 16.3 Å². The molecule has 7 aromatic carbocycles. The van der Waals surface area contributed by atoms with Crippen molar-refractivity contribution in [2.45, 2.75) is 0 Å². The molecule has 234 valence electrons. The van der Waals surface area contributed by atoms with Crippen LogP contribution in [-0.2, 0) is 0 Å². The number of nitrogens with zero attached hydrogens (tertiary/aromatic N) is 3. The molecule has 0 bridgehead atoms. The second-order valence-electron chi connectivity index (χ2n) is 12.7. The molecule has 0 radical (unpaired) electrons. The third kappa shape index (κ3) is 4.85. The molecule has 10 aromatic rings. The molecule has 3 aromatic heterocycles. The molecule has 4 nitrogen and oxygen atoms in total. The number of benzene rings is 7. The van der Waals surface area contributed by atoms with Crippen molar-refractivity contribution in [2.75, 3.05) is 4.90 Å². The minimum atomic E-state index is 0.769. The largest absolute Gasteiger partial charge is 0.454 e. The van der Waals surface area contributed by atoms with Crippen LogP contribution in [0.2, 0.25) is 0 Å². The van der Waals surface area contributed by atoms with Crippen molar-refractivity contribution in [3.8, 4) is 22.3 Å². The molecule has 0 aliphatic heterocycles. The first-order valence-electron chi connectivity index (χ1n) is 16.8. The summed E-state index contributed by atoms with van der Waals surface area (Å²) in [6, 6.07) is 59.8. The first-order valence-corrected chi connectivity index (χ1v) is 16.8. The molecule has 0 spiro atoms. The maximum Gasteiger partial charge on any atom is 0.154 e. The van der Waals surface area contributed by atoms with Gasteiger partial charge in [-0.25, -0.2) is 4.98 Å². The maximum absolute atomic E-state index is 6.31. The highest BCUT2D eigenvalue weighted by Gasteiger charge is 2.18. The molecule has 0 aliphatic rings. The zero-order valence-corrected chi connectivity index (χ0v) is 27.0. The molecule has 0 fully saturated rings. The van der Waals surface area contributed by atoms with Crippen LogP contribution in [0, 0.1) is 0 Å². The predicted octanol–water partition coefficient (Wildman–Crippen LogP) is 12.6. The van der Waals surface area contributed by atoms with Crippen molar-refractivity contribution in [1.82, 2.24) is 9.97 Å². The molecular formula is C46H29N3O. The molecule has 10 rings (SSSR count). The Morgan fingerprint density at radius 2 is 1.00 bits per heavy atom. The summed E-state index contributed by atoms with van der Waals surface area (Å²) >= 11 is 0. The van der Waals surface area contributed by atoms with Gasteiger partial charge in [-0.15, -0.1) is 0 Å². The number of rotatable bonds is 5. The number of furan rings is 1. The van der Waals surface area contributed by atoms with E-state index in [4.69, 9.17) is 9.40 Å². The first kappa shape index (κ1) is 28.3. The van der Waals surface area contributed by atoms with E-state index in [-0.39, 0.29) is 0 Å². The predicted molar refractivity (Wildman–Crippen MR) is 207 cm³/mol. The molecule has 3 heterocycles. The van der Waals surface area contributed by atoms with Crippen LogP contribution in [0.1, 0.15) is 0 Å². The Labute approximate surface area is 288 Å². The minimum Gasteiger partial charge on any atom is -0.454 e. The lowest BCUT2D eigenvalue weighted by Gasteiger charge is -2.25. The summed E-state index contributed by atoms with van der Waals surface area (Å²) in [4.78, 5) is 12.1. The second kappa shape index (κ2) is 11.4. The van der Waals surface area contributed by atoms with Crippen LogP contribution in [0.25, 0.3) is 76.8 Å². The van der Waals surface area contributed by atoms with Crippen LogP contribution >= 0.6 is 0 Å². The summed E-state index contributed by atoms with van der Waals surface area (Å²) in [5.74, 6) is 0.814. The smallest absolute Gasteiger partial charge is 0.154 e. The summed E-state index contributed by atoms with van der Waals surface area (Å²) in [6.07, 6.45) is 1.84. The molecule has 0 aliphatic carbocycles. The van der Waals surface area contributed by atoms with Gasteiger partial charge in [-0.2, -0.15) is 0 Å². The Morgan fingerprint density at radius 1 is 0.420 bits per heavy atom. The van der Waals surface area contributed by atoms with E-state index in [1.807, 2.05) is 24.4 Å². The van der Waals surface area contributed by atoms with E-state index >= 15 is 0 Å². The van der Waals surface area contributed by atoms with Gasteiger partial charge in [0.25, 0.3) is 0 Å². The van der Waals surface area contributed by atoms with Crippen molar-refractivity contribution in [1.29, 1.82) is 0 Å². The minimum absolute atomic E-state index is 0.769. The molecule has 0 saturated carbocycles. The monoisotopic (exact) mass is 639 g/mol. The fourth-order valence-electron chi connectivity index (χ4n) is 7.08.